The van der Waals surface area contributed by atoms with Gasteiger partial charge in [-0.05, 0) is 44.9 Å². The van der Waals surface area contributed by atoms with Crippen molar-refractivity contribution in [2.24, 2.45) is 5.41 Å². The standard InChI is InChI=1S/C13H22O/c1-9-6-5-7-13(3,4)11(9)8-12-10(2)14-12/h10,12H,5-8H2,1-4H3. The van der Waals surface area contributed by atoms with Crippen LogP contribution in [-0.4, -0.2) is 12.2 Å². The summed E-state index contributed by atoms with van der Waals surface area (Å²) in [6.07, 6.45) is 6.23. The molecule has 0 spiro atoms. The van der Waals surface area contributed by atoms with Crippen molar-refractivity contribution >= 4 is 0 Å². The zero-order valence-corrected chi connectivity index (χ0v) is 9.89. The molecule has 1 fully saturated rings. The third-order valence-electron chi connectivity index (χ3n) is 3.93. The third-order valence-corrected chi connectivity index (χ3v) is 3.93. The SMILES string of the molecule is CC1=C(CC2OC2C)C(C)(C)CCC1. The van der Waals surface area contributed by atoms with Crippen LogP contribution in [-0.2, 0) is 4.74 Å². The van der Waals surface area contributed by atoms with Gasteiger partial charge in [-0.15, -0.1) is 0 Å². The van der Waals surface area contributed by atoms with Gasteiger partial charge in [0.25, 0.3) is 0 Å². The van der Waals surface area contributed by atoms with Gasteiger partial charge in [0, 0.05) is 0 Å². The maximum absolute atomic E-state index is 5.53. The molecule has 2 rings (SSSR count). The van der Waals surface area contributed by atoms with Crippen LogP contribution < -0.4 is 0 Å². The lowest BCUT2D eigenvalue weighted by atomic mass is 9.71. The normalized spacial score (nSPS) is 36.0. The fourth-order valence-corrected chi connectivity index (χ4v) is 2.77. The van der Waals surface area contributed by atoms with Gasteiger partial charge in [-0.1, -0.05) is 25.0 Å². The van der Waals surface area contributed by atoms with Gasteiger partial charge in [0.1, 0.15) is 0 Å². The van der Waals surface area contributed by atoms with E-state index in [4.69, 9.17) is 4.74 Å². The number of hydrogen-bond acceptors (Lipinski definition) is 1. The maximum Gasteiger partial charge on any atom is 0.0876 e. The first-order valence-corrected chi connectivity index (χ1v) is 5.85. The van der Waals surface area contributed by atoms with E-state index >= 15 is 0 Å². The lowest BCUT2D eigenvalue weighted by Gasteiger charge is -2.34. The Kier molecular flexibility index (Phi) is 2.46. The number of epoxide rings is 1. The highest BCUT2D eigenvalue weighted by molar-refractivity contribution is 5.24. The second-order valence-corrected chi connectivity index (χ2v) is 5.58. The highest BCUT2D eigenvalue weighted by atomic mass is 16.6. The molecule has 0 aromatic heterocycles. The molecule has 0 bridgehead atoms. The summed E-state index contributed by atoms with van der Waals surface area (Å²) < 4.78 is 5.53. The van der Waals surface area contributed by atoms with Crippen LogP contribution >= 0.6 is 0 Å². The van der Waals surface area contributed by atoms with E-state index < -0.39 is 0 Å². The topological polar surface area (TPSA) is 12.5 Å². The summed E-state index contributed by atoms with van der Waals surface area (Å²) >= 11 is 0. The summed E-state index contributed by atoms with van der Waals surface area (Å²) in [4.78, 5) is 0. The first kappa shape index (κ1) is 10.2. The van der Waals surface area contributed by atoms with Crippen molar-refractivity contribution in [2.45, 2.75) is 65.6 Å². The molecule has 2 unspecified atom stereocenters. The number of rotatable bonds is 2. The molecule has 2 atom stereocenters. The van der Waals surface area contributed by atoms with Crippen LogP contribution in [0.4, 0.5) is 0 Å². The summed E-state index contributed by atoms with van der Waals surface area (Å²) in [5.74, 6) is 0. The molecule has 1 heterocycles. The fraction of sp³-hybridized carbons (Fsp3) is 0.846. The van der Waals surface area contributed by atoms with Crippen molar-refractivity contribution in [1.82, 2.24) is 0 Å². The molecule has 0 radical (unpaired) electrons. The third kappa shape index (κ3) is 1.88. The van der Waals surface area contributed by atoms with Crippen molar-refractivity contribution in [3.8, 4) is 0 Å². The Balaban J connectivity index is 2.11. The summed E-state index contributed by atoms with van der Waals surface area (Å²) in [6.45, 7) is 9.26. The van der Waals surface area contributed by atoms with E-state index in [0.29, 0.717) is 17.6 Å². The lowest BCUT2D eigenvalue weighted by Crippen LogP contribution is -2.21. The zero-order valence-electron chi connectivity index (χ0n) is 9.89. The van der Waals surface area contributed by atoms with Crippen LogP contribution in [0.15, 0.2) is 11.1 Å². The van der Waals surface area contributed by atoms with E-state index in [1.54, 1.807) is 11.1 Å². The molecule has 0 saturated carbocycles. The van der Waals surface area contributed by atoms with Crippen molar-refractivity contribution < 1.29 is 4.74 Å². The molecular weight excluding hydrogens is 172 g/mol. The Bertz CT molecular complexity index is 262. The van der Waals surface area contributed by atoms with Crippen LogP contribution in [0.1, 0.15) is 53.4 Å². The second-order valence-electron chi connectivity index (χ2n) is 5.58. The summed E-state index contributed by atoms with van der Waals surface area (Å²) in [6, 6.07) is 0. The molecular formula is C13H22O. The predicted octanol–water partition coefficient (Wildman–Crippen LogP) is 3.69. The first-order chi connectivity index (χ1) is 6.50. The molecule has 14 heavy (non-hydrogen) atoms. The average Bonchev–Trinajstić information content (AvgIpc) is 2.75. The van der Waals surface area contributed by atoms with Gasteiger partial charge >= 0.3 is 0 Å². The molecule has 0 amide bonds. The number of allylic oxidation sites excluding steroid dienone is 1. The first-order valence-electron chi connectivity index (χ1n) is 5.85. The van der Waals surface area contributed by atoms with Crippen LogP contribution in [0.3, 0.4) is 0 Å². The lowest BCUT2D eigenvalue weighted by molar-refractivity contribution is 0.327. The van der Waals surface area contributed by atoms with E-state index in [2.05, 4.69) is 27.7 Å². The van der Waals surface area contributed by atoms with Gasteiger partial charge in [0.15, 0.2) is 0 Å². The van der Waals surface area contributed by atoms with E-state index in [1.807, 2.05) is 0 Å². The van der Waals surface area contributed by atoms with Gasteiger partial charge in [0.05, 0.1) is 12.2 Å². The molecule has 1 aliphatic heterocycles. The molecule has 2 aliphatic rings. The van der Waals surface area contributed by atoms with Gasteiger partial charge in [0.2, 0.25) is 0 Å². The minimum atomic E-state index is 0.425. The number of ether oxygens (including phenoxy) is 1. The van der Waals surface area contributed by atoms with E-state index in [9.17, 15) is 0 Å². The number of hydrogen-bond donors (Lipinski definition) is 0. The largest absolute Gasteiger partial charge is 0.370 e. The Morgan fingerprint density at radius 3 is 2.57 bits per heavy atom. The minimum absolute atomic E-state index is 0.425. The van der Waals surface area contributed by atoms with E-state index in [0.717, 1.165) is 0 Å². The summed E-state index contributed by atoms with van der Waals surface area (Å²) in [5.41, 5.74) is 3.73. The molecule has 1 heteroatoms. The van der Waals surface area contributed by atoms with Crippen molar-refractivity contribution in [2.75, 3.05) is 0 Å². The van der Waals surface area contributed by atoms with Crippen molar-refractivity contribution in [3.63, 3.8) is 0 Å². The molecule has 1 aliphatic carbocycles. The van der Waals surface area contributed by atoms with Gasteiger partial charge in [-0.25, -0.2) is 0 Å². The van der Waals surface area contributed by atoms with E-state index in [1.165, 1.54) is 25.7 Å². The monoisotopic (exact) mass is 194 g/mol. The Morgan fingerprint density at radius 1 is 1.43 bits per heavy atom. The summed E-state index contributed by atoms with van der Waals surface area (Å²) in [5, 5.41) is 0. The molecule has 0 aromatic carbocycles. The van der Waals surface area contributed by atoms with Crippen LogP contribution in [0.2, 0.25) is 0 Å². The molecule has 80 valence electrons. The fourth-order valence-electron chi connectivity index (χ4n) is 2.77. The summed E-state index contributed by atoms with van der Waals surface area (Å²) in [7, 11) is 0. The van der Waals surface area contributed by atoms with Gasteiger partial charge in [-0.3, -0.25) is 0 Å². The molecule has 1 saturated heterocycles. The van der Waals surface area contributed by atoms with E-state index in [-0.39, 0.29) is 0 Å². The van der Waals surface area contributed by atoms with Crippen molar-refractivity contribution in [1.29, 1.82) is 0 Å². The smallest absolute Gasteiger partial charge is 0.0876 e. The van der Waals surface area contributed by atoms with Crippen LogP contribution in [0.5, 0.6) is 0 Å². The quantitative estimate of drug-likeness (QED) is 0.482. The zero-order chi connectivity index (χ0) is 10.3. The van der Waals surface area contributed by atoms with Crippen LogP contribution in [0.25, 0.3) is 0 Å². The molecule has 0 aromatic rings. The van der Waals surface area contributed by atoms with Gasteiger partial charge in [-0.2, -0.15) is 0 Å². The molecule has 0 N–H and O–H groups in total. The average molecular weight is 194 g/mol. The highest BCUT2D eigenvalue weighted by Crippen LogP contribution is 2.44. The van der Waals surface area contributed by atoms with Gasteiger partial charge < -0.3 is 4.74 Å². The highest BCUT2D eigenvalue weighted by Gasteiger charge is 2.39. The molecule has 1 nitrogen and oxygen atoms in total. The second kappa shape index (κ2) is 3.37. The maximum atomic E-state index is 5.53. The Labute approximate surface area is 87.5 Å². The minimum Gasteiger partial charge on any atom is -0.370 e. The predicted molar refractivity (Wildman–Crippen MR) is 59.3 cm³/mol. The van der Waals surface area contributed by atoms with Crippen molar-refractivity contribution in [3.05, 3.63) is 11.1 Å². The van der Waals surface area contributed by atoms with Crippen LogP contribution in [0, 0.1) is 5.41 Å². The Morgan fingerprint density at radius 2 is 2.07 bits per heavy atom. The Hall–Kier alpha value is -0.300.